The molecule has 2 aromatic rings. The smallest absolute Gasteiger partial charge is 0.254 e. The molecule has 1 aliphatic rings. The van der Waals surface area contributed by atoms with Crippen LogP contribution in [-0.4, -0.2) is 60.5 Å². The largest absolute Gasteiger partial charge is 0.494 e. The highest BCUT2D eigenvalue weighted by Crippen LogP contribution is 2.23. The maximum atomic E-state index is 12.7. The molecule has 3 rings (SSSR count). The minimum atomic E-state index is 0.0766. The van der Waals surface area contributed by atoms with Crippen molar-refractivity contribution in [2.75, 3.05) is 39.8 Å². The summed E-state index contributed by atoms with van der Waals surface area (Å²) < 4.78 is 5.54. The molecule has 2 heterocycles. The van der Waals surface area contributed by atoms with Crippen LogP contribution in [0, 0.1) is 0 Å². The summed E-state index contributed by atoms with van der Waals surface area (Å²) in [4.78, 5) is 21.3. The third kappa shape index (κ3) is 3.74. The van der Waals surface area contributed by atoms with E-state index in [1.54, 1.807) is 12.3 Å². The van der Waals surface area contributed by atoms with Gasteiger partial charge in [-0.3, -0.25) is 9.78 Å². The Kier molecular flexibility index (Phi) is 5.11. The molecule has 1 aliphatic heterocycles. The number of likely N-dealkylation sites (N-methyl/N-ethyl adjacent to an activating group) is 1. The highest BCUT2D eigenvalue weighted by Gasteiger charge is 2.20. The summed E-state index contributed by atoms with van der Waals surface area (Å²) in [6, 6.07) is 11.5. The Morgan fingerprint density at radius 3 is 2.71 bits per heavy atom. The second kappa shape index (κ2) is 7.45. The van der Waals surface area contributed by atoms with Crippen LogP contribution in [0.4, 0.5) is 0 Å². The SMILES string of the molecule is CCOc1cccc(-c2cc(C(=O)N3CCN(C)CC3)ccn2)c1. The molecule has 0 bridgehead atoms. The lowest BCUT2D eigenvalue weighted by Gasteiger charge is -2.32. The molecular formula is C19H23N3O2. The molecule has 5 nitrogen and oxygen atoms in total. The van der Waals surface area contributed by atoms with Crippen molar-refractivity contribution >= 4 is 5.91 Å². The lowest BCUT2D eigenvalue weighted by Crippen LogP contribution is -2.47. The number of amides is 1. The fourth-order valence-corrected chi connectivity index (χ4v) is 2.83. The van der Waals surface area contributed by atoms with Crippen LogP contribution >= 0.6 is 0 Å². The molecule has 1 aromatic heterocycles. The highest BCUT2D eigenvalue weighted by molar-refractivity contribution is 5.95. The fourth-order valence-electron chi connectivity index (χ4n) is 2.83. The molecule has 0 aliphatic carbocycles. The number of benzene rings is 1. The first-order valence-electron chi connectivity index (χ1n) is 8.34. The first-order valence-corrected chi connectivity index (χ1v) is 8.34. The van der Waals surface area contributed by atoms with Crippen LogP contribution in [0.25, 0.3) is 11.3 Å². The van der Waals surface area contributed by atoms with E-state index < -0.39 is 0 Å². The number of aromatic nitrogens is 1. The number of hydrogen-bond donors (Lipinski definition) is 0. The van der Waals surface area contributed by atoms with Crippen LogP contribution in [-0.2, 0) is 0 Å². The summed E-state index contributed by atoms with van der Waals surface area (Å²) >= 11 is 0. The quantitative estimate of drug-likeness (QED) is 0.866. The van der Waals surface area contributed by atoms with E-state index in [9.17, 15) is 4.79 Å². The van der Waals surface area contributed by atoms with Gasteiger partial charge in [-0.25, -0.2) is 0 Å². The van der Waals surface area contributed by atoms with Crippen molar-refractivity contribution in [2.45, 2.75) is 6.92 Å². The van der Waals surface area contributed by atoms with Crippen LogP contribution in [0.15, 0.2) is 42.6 Å². The molecule has 0 atom stereocenters. The van der Waals surface area contributed by atoms with Gasteiger partial charge < -0.3 is 14.5 Å². The zero-order valence-corrected chi connectivity index (χ0v) is 14.2. The lowest BCUT2D eigenvalue weighted by atomic mass is 10.1. The predicted molar refractivity (Wildman–Crippen MR) is 94.2 cm³/mol. The predicted octanol–water partition coefficient (Wildman–Crippen LogP) is 2.53. The molecule has 0 saturated carbocycles. The van der Waals surface area contributed by atoms with Crippen LogP contribution in [0.1, 0.15) is 17.3 Å². The van der Waals surface area contributed by atoms with Gasteiger partial charge in [-0.1, -0.05) is 12.1 Å². The summed E-state index contributed by atoms with van der Waals surface area (Å²) in [7, 11) is 2.08. The summed E-state index contributed by atoms with van der Waals surface area (Å²) in [6.45, 7) is 5.96. The number of nitrogens with zero attached hydrogens (tertiary/aromatic N) is 3. The van der Waals surface area contributed by atoms with Gasteiger partial charge in [0.05, 0.1) is 12.3 Å². The van der Waals surface area contributed by atoms with Gasteiger partial charge in [0.25, 0.3) is 5.91 Å². The van der Waals surface area contributed by atoms with Gasteiger partial charge >= 0.3 is 0 Å². The van der Waals surface area contributed by atoms with Gasteiger partial charge in [0.15, 0.2) is 0 Å². The number of ether oxygens (including phenoxy) is 1. The van der Waals surface area contributed by atoms with Crippen LogP contribution < -0.4 is 4.74 Å². The number of pyridine rings is 1. The molecule has 1 aromatic carbocycles. The number of piperazine rings is 1. The van der Waals surface area contributed by atoms with Crippen molar-refractivity contribution in [3.63, 3.8) is 0 Å². The van der Waals surface area contributed by atoms with Gasteiger partial charge in [0, 0.05) is 43.5 Å². The maximum Gasteiger partial charge on any atom is 0.254 e. The van der Waals surface area contributed by atoms with Crippen LogP contribution in [0.5, 0.6) is 5.75 Å². The zero-order valence-electron chi connectivity index (χ0n) is 14.2. The Bertz CT molecular complexity index is 709. The summed E-state index contributed by atoms with van der Waals surface area (Å²) in [5, 5.41) is 0. The average Bonchev–Trinajstić information content (AvgIpc) is 2.62. The Morgan fingerprint density at radius 1 is 1.17 bits per heavy atom. The monoisotopic (exact) mass is 325 g/mol. The third-order valence-electron chi connectivity index (χ3n) is 4.24. The second-order valence-corrected chi connectivity index (χ2v) is 5.99. The lowest BCUT2D eigenvalue weighted by molar-refractivity contribution is 0.0664. The number of carbonyl (C=O) groups is 1. The maximum absolute atomic E-state index is 12.7. The normalized spacial score (nSPS) is 15.3. The Labute approximate surface area is 142 Å². The average molecular weight is 325 g/mol. The highest BCUT2D eigenvalue weighted by atomic mass is 16.5. The first kappa shape index (κ1) is 16.5. The van der Waals surface area contributed by atoms with Gasteiger partial charge in [-0.05, 0) is 38.2 Å². The molecule has 126 valence electrons. The van der Waals surface area contributed by atoms with Gasteiger partial charge in [0.1, 0.15) is 5.75 Å². The molecule has 1 fully saturated rings. The van der Waals surface area contributed by atoms with Crippen molar-refractivity contribution < 1.29 is 9.53 Å². The minimum Gasteiger partial charge on any atom is -0.494 e. The van der Waals surface area contributed by atoms with E-state index in [1.165, 1.54) is 0 Å². The molecule has 0 spiro atoms. The van der Waals surface area contributed by atoms with E-state index in [0.29, 0.717) is 12.2 Å². The van der Waals surface area contributed by atoms with Crippen molar-refractivity contribution in [1.82, 2.24) is 14.8 Å². The molecule has 0 radical (unpaired) electrons. The van der Waals surface area contributed by atoms with E-state index in [2.05, 4.69) is 16.9 Å². The Balaban J connectivity index is 1.81. The van der Waals surface area contributed by atoms with Gasteiger partial charge in [0.2, 0.25) is 0 Å². The number of carbonyl (C=O) groups excluding carboxylic acids is 1. The summed E-state index contributed by atoms with van der Waals surface area (Å²) in [6.07, 6.45) is 1.70. The second-order valence-electron chi connectivity index (χ2n) is 5.99. The van der Waals surface area contributed by atoms with Crippen molar-refractivity contribution in [3.05, 3.63) is 48.2 Å². The molecule has 1 amide bonds. The van der Waals surface area contributed by atoms with Crippen LogP contribution in [0.2, 0.25) is 0 Å². The molecule has 0 N–H and O–H groups in total. The van der Waals surface area contributed by atoms with Gasteiger partial charge in [-0.2, -0.15) is 0 Å². The van der Waals surface area contributed by atoms with E-state index in [4.69, 9.17) is 4.74 Å². The third-order valence-corrected chi connectivity index (χ3v) is 4.24. The van der Waals surface area contributed by atoms with E-state index >= 15 is 0 Å². The van der Waals surface area contributed by atoms with E-state index in [1.807, 2.05) is 42.2 Å². The molecule has 24 heavy (non-hydrogen) atoms. The molecule has 5 heteroatoms. The fraction of sp³-hybridized carbons (Fsp3) is 0.368. The molecule has 0 unspecified atom stereocenters. The topological polar surface area (TPSA) is 45.7 Å². The van der Waals surface area contributed by atoms with Crippen molar-refractivity contribution in [2.24, 2.45) is 0 Å². The van der Waals surface area contributed by atoms with E-state index in [-0.39, 0.29) is 5.91 Å². The zero-order chi connectivity index (χ0) is 16.9. The summed E-state index contributed by atoms with van der Waals surface area (Å²) in [5.74, 6) is 0.889. The number of rotatable bonds is 4. The van der Waals surface area contributed by atoms with Crippen LogP contribution in [0.3, 0.4) is 0 Å². The van der Waals surface area contributed by atoms with Crippen molar-refractivity contribution in [1.29, 1.82) is 0 Å². The number of hydrogen-bond acceptors (Lipinski definition) is 4. The van der Waals surface area contributed by atoms with Gasteiger partial charge in [-0.15, -0.1) is 0 Å². The van der Waals surface area contributed by atoms with Crippen molar-refractivity contribution in [3.8, 4) is 17.0 Å². The Morgan fingerprint density at radius 2 is 1.96 bits per heavy atom. The molecule has 1 saturated heterocycles. The Hall–Kier alpha value is -2.40. The molecular weight excluding hydrogens is 302 g/mol. The minimum absolute atomic E-state index is 0.0766. The van der Waals surface area contributed by atoms with E-state index in [0.717, 1.165) is 43.2 Å². The first-order chi connectivity index (χ1) is 11.7. The summed E-state index contributed by atoms with van der Waals surface area (Å²) in [5.41, 5.74) is 2.43. The standard InChI is InChI=1S/C19H23N3O2/c1-3-24-17-6-4-5-15(13-17)18-14-16(7-8-20-18)19(23)22-11-9-21(2)10-12-22/h4-8,13-14H,3,9-12H2,1-2H3.